The van der Waals surface area contributed by atoms with Gasteiger partial charge in [0.05, 0.1) is 0 Å². The lowest BCUT2D eigenvalue weighted by Gasteiger charge is -2.15. The molecule has 20 heavy (non-hydrogen) atoms. The Hall–Kier alpha value is -1.84. The Morgan fingerprint density at radius 3 is 2.40 bits per heavy atom. The summed E-state index contributed by atoms with van der Waals surface area (Å²) in [5.74, 6) is -0.263. The van der Waals surface area contributed by atoms with Crippen molar-refractivity contribution in [2.75, 3.05) is 0 Å². The van der Waals surface area contributed by atoms with Crippen molar-refractivity contribution in [1.82, 2.24) is 10.6 Å². The molecule has 4 heteroatoms. The van der Waals surface area contributed by atoms with Crippen molar-refractivity contribution in [1.29, 1.82) is 0 Å². The molecule has 2 N–H and O–H groups in total. The number of urea groups is 1. The monoisotopic (exact) mass is 276 g/mol. The number of amides is 2. The van der Waals surface area contributed by atoms with E-state index < -0.39 is 0 Å². The Labute approximate surface area is 119 Å². The highest BCUT2D eigenvalue weighted by atomic mass is 19.1. The predicted molar refractivity (Wildman–Crippen MR) is 78.6 cm³/mol. The van der Waals surface area contributed by atoms with E-state index in [2.05, 4.69) is 10.6 Å². The van der Waals surface area contributed by atoms with E-state index in [9.17, 15) is 9.18 Å². The smallest absolute Gasteiger partial charge is 0.318 e. The van der Waals surface area contributed by atoms with Gasteiger partial charge in [-0.15, -0.1) is 0 Å². The van der Waals surface area contributed by atoms with Crippen molar-refractivity contribution < 1.29 is 9.18 Å². The van der Waals surface area contributed by atoms with Gasteiger partial charge in [-0.25, -0.2) is 9.18 Å². The summed E-state index contributed by atoms with van der Waals surface area (Å²) in [5.41, 5.74) is 0.848. The number of nitrogens with one attached hydrogen (secondary N) is 2. The minimum atomic E-state index is -0.263. The summed E-state index contributed by atoms with van der Waals surface area (Å²) in [6, 6.07) is 6.23. The van der Waals surface area contributed by atoms with Crippen molar-refractivity contribution >= 4 is 12.1 Å². The molecule has 0 spiro atoms. The molecule has 0 saturated heterocycles. The number of rotatable bonds is 3. The van der Waals surface area contributed by atoms with Gasteiger partial charge in [0.1, 0.15) is 5.82 Å². The van der Waals surface area contributed by atoms with E-state index >= 15 is 0 Å². The summed E-state index contributed by atoms with van der Waals surface area (Å²) in [6.07, 6.45) is 10.4. The van der Waals surface area contributed by atoms with Crippen LogP contribution in [0.5, 0.6) is 0 Å². The molecular formula is C16H21FN2O. The summed E-state index contributed by atoms with van der Waals surface area (Å²) in [5, 5.41) is 5.68. The first-order chi connectivity index (χ1) is 9.74. The maximum atomic E-state index is 12.7. The zero-order valence-corrected chi connectivity index (χ0v) is 11.6. The van der Waals surface area contributed by atoms with Gasteiger partial charge in [-0.3, -0.25) is 0 Å². The summed E-state index contributed by atoms with van der Waals surface area (Å²) in [7, 11) is 0. The number of benzene rings is 1. The highest BCUT2D eigenvalue weighted by Crippen LogP contribution is 2.16. The third-order valence-corrected chi connectivity index (χ3v) is 3.55. The lowest BCUT2D eigenvalue weighted by atomic mass is 10.1. The fourth-order valence-corrected chi connectivity index (χ4v) is 2.44. The zero-order valence-electron chi connectivity index (χ0n) is 11.6. The van der Waals surface area contributed by atoms with Crippen LogP contribution >= 0.6 is 0 Å². The van der Waals surface area contributed by atoms with Crippen molar-refractivity contribution in [2.45, 2.75) is 44.6 Å². The average Bonchev–Trinajstić information content (AvgIpc) is 2.70. The SMILES string of the molecule is O=C(N/C=C/c1ccc(F)cc1)NC1CCCCCC1. The molecule has 3 nitrogen and oxygen atoms in total. The largest absolute Gasteiger partial charge is 0.335 e. The predicted octanol–water partition coefficient (Wildman–Crippen LogP) is 3.82. The minimum absolute atomic E-state index is 0.171. The molecule has 1 aliphatic carbocycles. The van der Waals surface area contributed by atoms with Crippen LogP contribution in [0, 0.1) is 5.82 Å². The number of hydrogen-bond acceptors (Lipinski definition) is 1. The van der Waals surface area contributed by atoms with Crippen molar-refractivity contribution in [3.63, 3.8) is 0 Å². The van der Waals surface area contributed by atoms with E-state index in [1.807, 2.05) is 0 Å². The fraction of sp³-hybridized carbons (Fsp3) is 0.438. The fourth-order valence-electron chi connectivity index (χ4n) is 2.44. The molecular weight excluding hydrogens is 255 g/mol. The molecule has 1 fully saturated rings. The lowest BCUT2D eigenvalue weighted by molar-refractivity contribution is 0.239. The molecule has 1 aromatic carbocycles. The molecule has 1 saturated carbocycles. The number of hydrogen-bond donors (Lipinski definition) is 2. The van der Waals surface area contributed by atoms with Crippen LogP contribution in [0.1, 0.15) is 44.1 Å². The molecule has 1 aliphatic rings. The van der Waals surface area contributed by atoms with Crippen molar-refractivity contribution in [2.24, 2.45) is 0 Å². The van der Waals surface area contributed by atoms with E-state index in [4.69, 9.17) is 0 Å². The second kappa shape index (κ2) is 7.68. The van der Waals surface area contributed by atoms with Gasteiger partial charge < -0.3 is 10.6 Å². The van der Waals surface area contributed by atoms with E-state index in [0.29, 0.717) is 0 Å². The van der Waals surface area contributed by atoms with Gasteiger partial charge in [0.2, 0.25) is 0 Å². The highest BCUT2D eigenvalue weighted by molar-refractivity contribution is 5.76. The minimum Gasteiger partial charge on any atom is -0.335 e. The first-order valence-electron chi connectivity index (χ1n) is 7.23. The quantitative estimate of drug-likeness (QED) is 0.810. The van der Waals surface area contributed by atoms with E-state index in [0.717, 1.165) is 18.4 Å². The van der Waals surface area contributed by atoms with Crippen LogP contribution in [0.3, 0.4) is 0 Å². The van der Waals surface area contributed by atoms with Gasteiger partial charge in [-0.1, -0.05) is 37.8 Å². The topological polar surface area (TPSA) is 41.1 Å². The van der Waals surface area contributed by atoms with Gasteiger partial charge in [0.25, 0.3) is 0 Å². The van der Waals surface area contributed by atoms with Crippen LogP contribution in [-0.2, 0) is 0 Å². The number of carbonyl (C=O) groups is 1. The maximum absolute atomic E-state index is 12.7. The maximum Gasteiger partial charge on any atom is 0.318 e. The molecule has 0 bridgehead atoms. The molecule has 2 amide bonds. The molecule has 0 radical (unpaired) electrons. The van der Waals surface area contributed by atoms with Crippen molar-refractivity contribution in [3.8, 4) is 0 Å². The zero-order chi connectivity index (χ0) is 14.2. The molecule has 0 aliphatic heterocycles. The summed E-state index contributed by atoms with van der Waals surface area (Å²) in [6.45, 7) is 0. The Morgan fingerprint density at radius 1 is 1.10 bits per heavy atom. The van der Waals surface area contributed by atoms with Crippen molar-refractivity contribution in [3.05, 3.63) is 41.8 Å². The van der Waals surface area contributed by atoms with E-state index in [-0.39, 0.29) is 17.9 Å². The molecule has 0 atom stereocenters. The molecule has 0 unspecified atom stereocenters. The Bertz CT molecular complexity index is 448. The first-order valence-corrected chi connectivity index (χ1v) is 7.23. The molecule has 0 aromatic heterocycles. The van der Waals surface area contributed by atoms with Crippen LogP contribution in [0.25, 0.3) is 6.08 Å². The van der Waals surface area contributed by atoms with Gasteiger partial charge in [0.15, 0.2) is 0 Å². The van der Waals surface area contributed by atoms with Gasteiger partial charge in [-0.05, 0) is 36.6 Å². The van der Waals surface area contributed by atoms with Gasteiger partial charge >= 0.3 is 6.03 Å². The summed E-state index contributed by atoms with van der Waals surface area (Å²) in [4.78, 5) is 11.7. The molecule has 2 rings (SSSR count). The van der Waals surface area contributed by atoms with Gasteiger partial charge in [-0.2, -0.15) is 0 Å². The van der Waals surface area contributed by atoms with Crippen LogP contribution in [0.2, 0.25) is 0 Å². The standard InChI is InChI=1S/C16H21FN2O/c17-14-9-7-13(8-10-14)11-12-18-16(20)19-15-5-3-1-2-4-6-15/h7-12,15H,1-6H2,(H2,18,19,20)/b12-11+. The lowest BCUT2D eigenvalue weighted by Crippen LogP contribution is -2.39. The summed E-state index contributed by atoms with van der Waals surface area (Å²) >= 11 is 0. The highest BCUT2D eigenvalue weighted by Gasteiger charge is 2.13. The first kappa shape index (κ1) is 14.6. The normalized spacial score (nSPS) is 16.9. The number of carbonyl (C=O) groups excluding carboxylic acids is 1. The molecule has 1 aromatic rings. The van der Waals surface area contributed by atoms with E-state index in [1.54, 1.807) is 24.4 Å². The molecule has 108 valence electrons. The Kier molecular flexibility index (Phi) is 5.59. The third kappa shape index (κ3) is 5.03. The second-order valence-electron chi connectivity index (χ2n) is 5.19. The average molecular weight is 276 g/mol. The van der Waals surface area contributed by atoms with Gasteiger partial charge in [0, 0.05) is 12.2 Å². The number of halogens is 1. The van der Waals surface area contributed by atoms with Crippen LogP contribution < -0.4 is 10.6 Å². The van der Waals surface area contributed by atoms with E-state index in [1.165, 1.54) is 37.8 Å². The van der Waals surface area contributed by atoms with Crippen LogP contribution in [0.15, 0.2) is 30.5 Å². The molecule has 0 heterocycles. The Morgan fingerprint density at radius 2 is 1.75 bits per heavy atom. The third-order valence-electron chi connectivity index (χ3n) is 3.55. The Balaban J connectivity index is 1.75. The summed E-state index contributed by atoms with van der Waals surface area (Å²) < 4.78 is 12.7. The van der Waals surface area contributed by atoms with Crippen LogP contribution in [-0.4, -0.2) is 12.1 Å². The second-order valence-corrected chi connectivity index (χ2v) is 5.19. The van der Waals surface area contributed by atoms with Crippen LogP contribution in [0.4, 0.5) is 9.18 Å².